The molecule has 1 aromatic rings. The van der Waals surface area contributed by atoms with E-state index in [0.717, 1.165) is 23.4 Å². The molecule has 0 atom stereocenters. The summed E-state index contributed by atoms with van der Waals surface area (Å²) in [5, 5.41) is 0. The van der Waals surface area contributed by atoms with Gasteiger partial charge in [0.05, 0.1) is 12.1 Å². The van der Waals surface area contributed by atoms with E-state index < -0.39 is 0 Å². The number of ether oxygens (including phenoxy) is 1. The van der Waals surface area contributed by atoms with Crippen molar-refractivity contribution in [1.29, 1.82) is 0 Å². The minimum absolute atomic E-state index is 0.669. The second kappa shape index (κ2) is 3.09. The van der Waals surface area contributed by atoms with Gasteiger partial charge in [-0.25, -0.2) is 4.99 Å². The standard InChI is InChI=1S/C10H12N2O/c1-7-3-2-4-8(9(7)11)10-12-5-6-13-10/h2-4H,5-6,11H2,1H3. The van der Waals surface area contributed by atoms with E-state index in [0.29, 0.717) is 12.5 Å². The zero-order valence-electron chi connectivity index (χ0n) is 7.58. The van der Waals surface area contributed by atoms with Crippen LogP contribution in [0.15, 0.2) is 23.2 Å². The van der Waals surface area contributed by atoms with Crippen LogP contribution in [0.3, 0.4) is 0 Å². The Morgan fingerprint density at radius 1 is 1.46 bits per heavy atom. The number of hydrogen-bond donors (Lipinski definition) is 1. The van der Waals surface area contributed by atoms with Crippen molar-refractivity contribution >= 4 is 11.6 Å². The monoisotopic (exact) mass is 176 g/mol. The topological polar surface area (TPSA) is 47.6 Å². The maximum absolute atomic E-state index is 5.90. The maximum atomic E-state index is 5.90. The first kappa shape index (κ1) is 8.10. The SMILES string of the molecule is Cc1cccc(C2=NCCO2)c1N. The van der Waals surface area contributed by atoms with Gasteiger partial charge in [-0.2, -0.15) is 0 Å². The van der Waals surface area contributed by atoms with Crippen molar-refractivity contribution < 1.29 is 4.74 Å². The number of nitrogens with two attached hydrogens (primary N) is 1. The third-order valence-corrected chi connectivity index (χ3v) is 2.14. The quantitative estimate of drug-likeness (QED) is 0.656. The minimum Gasteiger partial charge on any atom is -0.475 e. The highest BCUT2D eigenvalue weighted by Gasteiger charge is 2.13. The molecule has 3 nitrogen and oxygen atoms in total. The molecule has 2 N–H and O–H groups in total. The van der Waals surface area contributed by atoms with Crippen LogP contribution >= 0.6 is 0 Å². The Hall–Kier alpha value is -1.51. The fraction of sp³-hybridized carbons (Fsp3) is 0.300. The molecule has 2 rings (SSSR count). The zero-order valence-corrected chi connectivity index (χ0v) is 7.58. The minimum atomic E-state index is 0.669. The fourth-order valence-electron chi connectivity index (χ4n) is 1.37. The summed E-state index contributed by atoms with van der Waals surface area (Å²) in [6, 6.07) is 5.88. The van der Waals surface area contributed by atoms with Gasteiger partial charge in [0.15, 0.2) is 0 Å². The molecular formula is C10H12N2O. The fourth-order valence-corrected chi connectivity index (χ4v) is 1.37. The first-order chi connectivity index (χ1) is 6.29. The van der Waals surface area contributed by atoms with Gasteiger partial charge in [-0.1, -0.05) is 12.1 Å². The number of rotatable bonds is 1. The van der Waals surface area contributed by atoms with Crippen molar-refractivity contribution in [2.75, 3.05) is 18.9 Å². The van der Waals surface area contributed by atoms with Gasteiger partial charge in [-0.15, -0.1) is 0 Å². The van der Waals surface area contributed by atoms with Gasteiger partial charge in [0.1, 0.15) is 6.61 Å². The Balaban J connectivity index is 2.45. The van der Waals surface area contributed by atoms with Crippen LogP contribution in [0.25, 0.3) is 0 Å². The number of hydrogen-bond acceptors (Lipinski definition) is 3. The molecule has 0 saturated heterocycles. The molecule has 1 aromatic carbocycles. The largest absolute Gasteiger partial charge is 0.475 e. The average molecular weight is 176 g/mol. The molecule has 0 unspecified atom stereocenters. The van der Waals surface area contributed by atoms with Crippen LogP contribution in [0.1, 0.15) is 11.1 Å². The molecule has 0 spiro atoms. The Kier molecular flexibility index (Phi) is 1.93. The Morgan fingerprint density at radius 3 is 3.00 bits per heavy atom. The number of nitrogen functional groups attached to an aromatic ring is 1. The third-order valence-electron chi connectivity index (χ3n) is 2.14. The molecule has 1 aliphatic heterocycles. The molecule has 0 aromatic heterocycles. The van der Waals surface area contributed by atoms with Crippen LogP contribution in [0.5, 0.6) is 0 Å². The van der Waals surface area contributed by atoms with Crippen molar-refractivity contribution in [3.05, 3.63) is 29.3 Å². The summed E-state index contributed by atoms with van der Waals surface area (Å²) in [6.45, 7) is 3.39. The van der Waals surface area contributed by atoms with Crippen LogP contribution in [0, 0.1) is 6.92 Å². The van der Waals surface area contributed by atoms with Gasteiger partial charge in [0.25, 0.3) is 0 Å². The number of anilines is 1. The molecule has 1 aliphatic rings. The van der Waals surface area contributed by atoms with E-state index in [2.05, 4.69) is 4.99 Å². The summed E-state index contributed by atoms with van der Waals surface area (Å²) in [5.41, 5.74) is 8.65. The highest BCUT2D eigenvalue weighted by Crippen LogP contribution is 2.19. The molecule has 0 saturated carbocycles. The van der Waals surface area contributed by atoms with Gasteiger partial charge in [0.2, 0.25) is 5.90 Å². The Bertz CT molecular complexity index is 358. The molecule has 1 heterocycles. The van der Waals surface area contributed by atoms with E-state index in [1.807, 2.05) is 25.1 Å². The van der Waals surface area contributed by atoms with Crippen LogP contribution in [0.4, 0.5) is 5.69 Å². The summed E-state index contributed by atoms with van der Waals surface area (Å²) < 4.78 is 5.34. The van der Waals surface area contributed by atoms with Gasteiger partial charge in [-0.3, -0.25) is 0 Å². The summed E-state index contributed by atoms with van der Waals surface area (Å²) in [4.78, 5) is 4.22. The van der Waals surface area contributed by atoms with E-state index >= 15 is 0 Å². The summed E-state index contributed by atoms with van der Waals surface area (Å²) in [6.07, 6.45) is 0. The van der Waals surface area contributed by atoms with Crippen molar-refractivity contribution in [2.24, 2.45) is 4.99 Å². The normalized spacial score (nSPS) is 15.3. The highest BCUT2D eigenvalue weighted by atomic mass is 16.5. The molecule has 0 bridgehead atoms. The third kappa shape index (κ3) is 1.37. The lowest BCUT2D eigenvalue weighted by Crippen LogP contribution is -2.06. The van der Waals surface area contributed by atoms with Crippen molar-refractivity contribution in [3.8, 4) is 0 Å². The first-order valence-corrected chi connectivity index (χ1v) is 4.32. The van der Waals surface area contributed by atoms with E-state index in [1.54, 1.807) is 0 Å². The van der Waals surface area contributed by atoms with Gasteiger partial charge in [-0.05, 0) is 18.6 Å². The number of aliphatic imine (C=N–C) groups is 1. The van der Waals surface area contributed by atoms with E-state index in [4.69, 9.17) is 10.5 Å². The lowest BCUT2D eigenvalue weighted by molar-refractivity contribution is 0.348. The molecular weight excluding hydrogens is 164 g/mol. The van der Waals surface area contributed by atoms with Gasteiger partial charge < -0.3 is 10.5 Å². The van der Waals surface area contributed by atoms with Crippen molar-refractivity contribution in [2.45, 2.75) is 6.92 Å². The van der Waals surface area contributed by atoms with Crippen LogP contribution < -0.4 is 5.73 Å². The lowest BCUT2D eigenvalue weighted by atomic mass is 10.1. The molecule has 0 amide bonds. The molecule has 13 heavy (non-hydrogen) atoms. The van der Waals surface area contributed by atoms with Crippen LogP contribution in [0.2, 0.25) is 0 Å². The smallest absolute Gasteiger partial charge is 0.218 e. The summed E-state index contributed by atoms with van der Waals surface area (Å²) in [7, 11) is 0. The summed E-state index contributed by atoms with van der Waals surface area (Å²) in [5.74, 6) is 0.682. The molecule has 3 heteroatoms. The molecule has 0 radical (unpaired) electrons. The predicted molar refractivity (Wildman–Crippen MR) is 52.9 cm³/mol. The number of benzene rings is 1. The number of para-hydroxylation sites is 1. The number of aryl methyl sites for hydroxylation is 1. The van der Waals surface area contributed by atoms with Gasteiger partial charge in [0, 0.05) is 5.69 Å². The average Bonchev–Trinajstić information content (AvgIpc) is 2.62. The Morgan fingerprint density at radius 2 is 2.31 bits per heavy atom. The first-order valence-electron chi connectivity index (χ1n) is 4.32. The molecule has 68 valence electrons. The second-order valence-electron chi connectivity index (χ2n) is 3.07. The van der Waals surface area contributed by atoms with E-state index in [9.17, 15) is 0 Å². The lowest BCUT2D eigenvalue weighted by Gasteiger charge is -2.07. The second-order valence-corrected chi connectivity index (χ2v) is 3.07. The number of nitrogens with zero attached hydrogens (tertiary/aromatic N) is 1. The van der Waals surface area contributed by atoms with E-state index in [-0.39, 0.29) is 0 Å². The van der Waals surface area contributed by atoms with Crippen molar-refractivity contribution in [1.82, 2.24) is 0 Å². The highest BCUT2D eigenvalue weighted by molar-refractivity contribution is 6.00. The van der Waals surface area contributed by atoms with Gasteiger partial charge >= 0.3 is 0 Å². The predicted octanol–water partition coefficient (Wildman–Crippen LogP) is 1.35. The van der Waals surface area contributed by atoms with Crippen molar-refractivity contribution in [3.63, 3.8) is 0 Å². The van der Waals surface area contributed by atoms with Crippen LogP contribution in [-0.4, -0.2) is 19.0 Å². The molecule has 0 fully saturated rings. The van der Waals surface area contributed by atoms with E-state index in [1.165, 1.54) is 0 Å². The van der Waals surface area contributed by atoms with Crippen LogP contribution in [-0.2, 0) is 4.74 Å². The maximum Gasteiger partial charge on any atom is 0.218 e. The molecule has 0 aliphatic carbocycles. The Labute approximate surface area is 77.2 Å². The summed E-state index contributed by atoms with van der Waals surface area (Å²) >= 11 is 0. The zero-order chi connectivity index (χ0) is 9.26.